The SMILES string of the molecule is CC.Cc1ccc(F)cc1C. The second kappa shape index (κ2) is 4.89. The summed E-state index contributed by atoms with van der Waals surface area (Å²) in [6.07, 6.45) is 0. The second-order valence-electron chi connectivity index (χ2n) is 2.23. The molecule has 0 aliphatic carbocycles. The predicted molar refractivity (Wildman–Crippen MR) is 47.2 cm³/mol. The molecule has 0 amide bonds. The zero-order chi connectivity index (χ0) is 8.85. The number of rotatable bonds is 0. The summed E-state index contributed by atoms with van der Waals surface area (Å²) < 4.78 is 12.3. The van der Waals surface area contributed by atoms with Gasteiger partial charge in [0.05, 0.1) is 0 Å². The van der Waals surface area contributed by atoms with Crippen molar-refractivity contribution in [2.75, 3.05) is 0 Å². The molecular weight excluding hydrogens is 139 g/mol. The summed E-state index contributed by atoms with van der Waals surface area (Å²) in [5.41, 5.74) is 2.14. The van der Waals surface area contributed by atoms with E-state index in [0.29, 0.717) is 0 Å². The molecule has 0 atom stereocenters. The Morgan fingerprint density at radius 1 is 1.00 bits per heavy atom. The van der Waals surface area contributed by atoms with Crippen LogP contribution < -0.4 is 0 Å². The topological polar surface area (TPSA) is 0 Å². The Morgan fingerprint density at radius 3 is 1.91 bits per heavy atom. The van der Waals surface area contributed by atoms with Crippen LogP contribution >= 0.6 is 0 Å². The first-order valence-electron chi connectivity index (χ1n) is 3.93. The fraction of sp³-hybridized carbons (Fsp3) is 0.400. The lowest BCUT2D eigenvalue weighted by atomic mass is 10.1. The Balaban J connectivity index is 0.000000461. The van der Waals surface area contributed by atoms with E-state index in [-0.39, 0.29) is 5.82 Å². The predicted octanol–water partition coefficient (Wildman–Crippen LogP) is 3.47. The van der Waals surface area contributed by atoms with Crippen molar-refractivity contribution in [3.63, 3.8) is 0 Å². The molecule has 0 spiro atoms. The minimum absolute atomic E-state index is 0.155. The van der Waals surface area contributed by atoms with Crippen molar-refractivity contribution in [2.45, 2.75) is 27.7 Å². The van der Waals surface area contributed by atoms with Gasteiger partial charge in [0.25, 0.3) is 0 Å². The fourth-order valence-corrected chi connectivity index (χ4v) is 0.705. The van der Waals surface area contributed by atoms with E-state index in [1.54, 1.807) is 6.07 Å². The Bertz CT molecular complexity index is 216. The van der Waals surface area contributed by atoms with Crippen LogP contribution in [0.3, 0.4) is 0 Å². The van der Waals surface area contributed by atoms with Crippen LogP contribution in [0.5, 0.6) is 0 Å². The maximum atomic E-state index is 12.3. The van der Waals surface area contributed by atoms with Crippen molar-refractivity contribution in [1.82, 2.24) is 0 Å². The molecule has 1 heteroatoms. The molecule has 0 aliphatic heterocycles. The van der Waals surface area contributed by atoms with E-state index in [1.165, 1.54) is 12.1 Å². The molecule has 0 aromatic heterocycles. The van der Waals surface area contributed by atoms with Gasteiger partial charge in [0.15, 0.2) is 0 Å². The van der Waals surface area contributed by atoms with Crippen molar-refractivity contribution in [3.8, 4) is 0 Å². The van der Waals surface area contributed by atoms with Crippen LogP contribution in [-0.2, 0) is 0 Å². The highest BCUT2D eigenvalue weighted by Crippen LogP contribution is 2.07. The largest absolute Gasteiger partial charge is 0.207 e. The molecule has 0 bridgehead atoms. The Labute approximate surface area is 68.1 Å². The number of hydrogen-bond donors (Lipinski definition) is 0. The van der Waals surface area contributed by atoms with Crippen LogP contribution in [0.2, 0.25) is 0 Å². The Morgan fingerprint density at radius 2 is 1.55 bits per heavy atom. The van der Waals surface area contributed by atoms with Crippen LogP contribution in [0.1, 0.15) is 25.0 Å². The van der Waals surface area contributed by atoms with E-state index < -0.39 is 0 Å². The molecule has 0 saturated heterocycles. The lowest BCUT2D eigenvalue weighted by Crippen LogP contribution is -1.80. The summed E-state index contributed by atoms with van der Waals surface area (Å²) in [6, 6.07) is 4.79. The van der Waals surface area contributed by atoms with Crippen molar-refractivity contribution >= 4 is 0 Å². The van der Waals surface area contributed by atoms with Crippen LogP contribution in [-0.4, -0.2) is 0 Å². The molecule has 0 heterocycles. The third-order valence-corrected chi connectivity index (χ3v) is 1.47. The standard InChI is InChI=1S/C8H9F.C2H6/c1-6-3-4-8(9)5-7(6)2;1-2/h3-5H,1-2H3;1-2H3. The molecule has 0 aliphatic rings. The van der Waals surface area contributed by atoms with E-state index >= 15 is 0 Å². The quantitative estimate of drug-likeness (QED) is 0.536. The van der Waals surface area contributed by atoms with Gasteiger partial charge < -0.3 is 0 Å². The maximum Gasteiger partial charge on any atom is 0.123 e. The average Bonchev–Trinajstić information content (AvgIpc) is 2.02. The van der Waals surface area contributed by atoms with Gasteiger partial charge in [-0.05, 0) is 37.1 Å². The Hall–Kier alpha value is -0.850. The number of aryl methyl sites for hydroxylation is 2. The second-order valence-corrected chi connectivity index (χ2v) is 2.23. The third-order valence-electron chi connectivity index (χ3n) is 1.47. The number of hydrogen-bond acceptors (Lipinski definition) is 0. The minimum Gasteiger partial charge on any atom is -0.207 e. The van der Waals surface area contributed by atoms with Gasteiger partial charge in [0.1, 0.15) is 5.82 Å². The molecule has 1 aromatic rings. The first-order valence-corrected chi connectivity index (χ1v) is 3.93. The highest BCUT2D eigenvalue weighted by Gasteiger charge is 1.91. The van der Waals surface area contributed by atoms with Crippen molar-refractivity contribution in [1.29, 1.82) is 0 Å². The molecule has 0 unspecified atom stereocenters. The molecular formula is C10H15F. The normalized spacial score (nSPS) is 8.45. The minimum atomic E-state index is -0.155. The van der Waals surface area contributed by atoms with Crippen molar-refractivity contribution in [3.05, 3.63) is 35.1 Å². The summed E-state index contributed by atoms with van der Waals surface area (Å²) in [7, 11) is 0. The fourth-order valence-electron chi connectivity index (χ4n) is 0.705. The van der Waals surface area contributed by atoms with Gasteiger partial charge in [-0.2, -0.15) is 0 Å². The molecule has 11 heavy (non-hydrogen) atoms. The zero-order valence-corrected chi connectivity index (χ0v) is 7.61. The van der Waals surface area contributed by atoms with Gasteiger partial charge in [-0.1, -0.05) is 19.9 Å². The lowest BCUT2D eigenvalue weighted by Gasteiger charge is -1.96. The summed E-state index contributed by atoms with van der Waals surface area (Å²) in [6.45, 7) is 7.87. The van der Waals surface area contributed by atoms with E-state index in [4.69, 9.17) is 0 Å². The summed E-state index contributed by atoms with van der Waals surface area (Å²) >= 11 is 0. The summed E-state index contributed by atoms with van der Waals surface area (Å²) in [4.78, 5) is 0. The van der Waals surface area contributed by atoms with Gasteiger partial charge >= 0.3 is 0 Å². The molecule has 0 saturated carbocycles. The van der Waals surface area contributed by atoms with E-state index in [1.807, 2.05) is 27.7 Å². The highest BCUT2D eigenvalue weighted by molar-refractivity contribution is 5.24. The third kappa shape index (κ3) is 3.17. The maximum absolute atomic E-state index is 12.3. The number of benzene rings is 1. The van der Waals surface area contributed by atoms with E-state index in [2.05, 4.69) is 0 Å². The van der Waals surface area contributed by atoms with Gasteiger partial charge in [0.2, 0.25) is 0 Å². The molecule has 1 rings (SSSR count). The molecule has 62 valence electrons. The first kappa shape index (κ1) is 10.2. The van der Waals surface area contributed by atoms with Crippen molar-refractivity contribution < 1.29 is 4.39 Å². The highest BCUT2D eigenvalue weighted by atomic mass is 19.1. The molecule has 0 N–H and O–H groups in total. The number of halogens is 1. The zero-order valence-electron chi connectivity index (χ0n) is 7.61. The van der Waals surface area contributed by atoms with Crippen LogP contribution in [0.4, 0.5) is 4.39 Å². The smallest absolute Gasteiger partial charge is 0.123 e. The molecule has 0 fully saturated rings. The first-order chi connectivity index (χ1) is 5.20. The van der Waals surface area contributed by atoms with E-state index in [0.717, 1.165) is 11.1 Å². The van der Waals surface area contributed by atoms with Gasteiger partial charge in [-0.3, -0.25) is 0 Å². The van der Waals surface area contributed by atoms with Gasteiger partial charge in [-0.25, -0.2) is 4.39 Å². The van der Waals surface area contributed by atoms with E-state index in [9.17, 15) is 4.39 Å². The molecule has 0 nitrogen and oxygen atoms in total. The van der Waals surface area contributed by atoms with Crippen LogP contribution in [0.15, 0.2) is 18.2 Å². The summed E-state index contributed by atoms with van der Waals surface area (Å²) in [5.74, 6) is -0.155. The lowest BCUT2D eigenvalue weighted by molar-refractivity contribution is 0.626. The molecule has 0 radical (unpaired) electrons. The van der Waals surface area contributed by atoms with Crippen LogP contribution in [0.25, 0.3) is 0 Å². The Kier molecular flexibility index (Phi) is 4.51. The average molecular weight is 154 g/mol. The summed E-state index contributed by atoms with van der Waals surface area (Å²) in [5, 5.41) is 0. The van der Waals surface area contributed by atoms with Gasteiger partial charge in [0, 0.05) is 0 Å². The van der Waals surface area contributed by atoms with Gasteiger partial charge in [-0.15, -0.1) is 0 Å². The van der Waals surface area contributed by atoms with Crippen molar-refractivity contribution in [2.24, 2.45) is 0 Å². The van der Waals surface area contributed by atoms with Crippen LogP contribution in [0, 0.1) is 19.7 Å². The molecule has 1 aromatic carbocycles. The monoisotopic (exact) mass is 154 g/mol.